The van der Waals surface area contributed by atoms with Crippen LogP contribution in [0, 0.1) is 0 Å². The second kappa shape index (κ2) is 52.1. The van der Waals surface area contributed by atoms with Gasteiger partial charge in [-0.05, 0) is 64.2 Å². The Morgan fingerprint density at radius 3 is 1.28 bits per heavy atom. The van der Waals surface area contributed by atoms with Crippen LogP contribution in [-0.2, 0) is 14.3 Å². The first-order chi connectivity index (χ1) is 35.3. The Morgan fingerprint density at radius 1 is 0.486 bits per heavy atom. The topological polar surface area (TPSA) is 149 Å². The van der Waals surface area contributed by atoms with Gasteiger partial charge in [-0.25, -0.2) is 0 Å². The zero-order valence-corrected chi connectivity index (χ0v) is 46.4. The third-order valence-electron chi connectivity index (χ3n) is 14.1. The summed E-state index contributed by atoms with van der Waals surface area (Å²) in [6.07, 6.45) is 65.0. The molecule has 418 valence electrons. The van der Waals surface area contributed by atoms with Crippen LogP contribution in [0.1, 0.15) is 264 Å². The Labute approximate surface area is 442 Å². The van der Waals surface area contributed by atoms with Gasteiger partial charge in [0, 0.05) is 6.42 Å². The zero-order chi connectivity index (χ0) is 52.2. The van der Waals surface area contributed by atoms with Crippen LogP contribution < -0.4 is 5.32 Å². The molecular weight excluding hydrogens is 899 g/mol. The number of hydrogen-bond donors (Lipinski definition) is 6. The molecule has 6 N–H and O–H groups in total. The smallest absolute Gasteiger partial charge is 0.220 e. The van der Waals surface area contributed by atoms with Crippen molar-refractivity contribution in [1.29, 1.82) is 0 Å². The molecular formula is C63H113NO8. The van der Waals surface area contributed by atoms with Gasteiger partial charge in [0.2, 0.25) is 5.91 Å². The van der Waals surface area contributed by atoms with E-state index in [-0.39, 0.29) is 12.5 Å². The molecule has 7 atom stereocenters. The Balaban J connectivity index is 2.17. The molecule has 72 heavy (non-hydrogen) atoms. The Bertz CT molecular complexity index is 1360. The van der Waals surface area contributed by atoms with Gasteiger partial charge in [-0.15, -0.1) is 0 Å². The van der Waals surface area contributed by atoms with E-state index in [9.17, 15) is 30.3 Å². The highest BCUT2D eigenvalue weighted by Crippen LogP contribution is 2.23. The Morgan fingerprint density at radius 2 is 0.861 bits per heavy atom. The van der Waals surface area contributed by atoms with Crippen LogP contribution in [0.4, 0.5) is 0 Å². The first kappa shape index (κ1) is 67.6. The molecule has 1 rings (SSSR count). The fraction of sp³-hybridized carbons (Fsp3) is 0.794. The highest BCUT2D eigenvalue weighted by atomic mass is 16.7. The summed E-state index contributed by atoms with van der Waals surface area (Å²) in [4.78, 5) is 13.1. The van der Waals surface area contributed by atoms with Gasteiger partial charge < -0.3 is 40.3 Å². The quantitative estimate of drug-likeness (QED) is 0.0261. The summed E-state index contributed by atoms with van der Waals surface area (Å²) in [6.45, 7) is 3.74. The molecule has 0 saturated carbocycles. The lowest BCUT2D eigenvalue weighted by molar-refractivity contribution is -0.302. The van der Waals surface area contributed by atoms with Gasteiger partial charge >= 0.3 is 0 Å². The molecule has 1 aliphatic heterocycles. The summed E-state index contributed by atoms with van der Waals surface area (Å²) < 4.78 is 11.3. The van der Waals surface area contributed by atoms with Crippen LogP contribution in [0.2, 0.25) is 0 Å². The van der Waals surface area contributed by atoms with E-state index < -0.39 is 49.5 Å². The highest BCUT2D eigenvalue weighted by molar-refractivity contribution is 5.76. The number of carbonyl (C=O) groups excluding carboxylic acids is 1. The minimum absolute atomic E-state index is 0.140. The van der Waals surface area contributed by atoms with Crippen molar-refractivity contribution in [2.24, 2.45) is 0 Å². The van der Waals surface area contributed by atoms with Crippen molar-refractivity contribution in [1.82, 2.24) is 5.32 Å². The van der Waals surface area contributed by atoms with Gasteiger partial charge in [-0.3, -0.25) is 4.79 Å². The van der Waals surface area contributed by atoms with Crippen LogP contribution in [0.5, 0.6) is 0 Å². The number of nitrogens with one attached hydrogen (secondary N) is 1. The number of allylic oxidation sites excluding steroid dienone is 12. The summed E-state index contributed by atoms with van der Waals surface area (Å²) in [5.74, 6) is -0.147. The summed E-state index contributed by atoms with van der Waals surface area (Å²) in [6, 6.07) is -0.724. The van der Waals surface area contributed by atoms with E-state index in [0.29, 0.717) is 12.8 Å². The number of aliphatic hydroxyl groups is 5. The molecule has 0 aromatic heterocycles. The van der Waals surface area contributed by atoms with Crippen molar-refractivity contribution in [3.05, 3.63) is 72.9 Å². The highest BCUT2D eigenvalue weighted by Gasteiger charge is 2.44. The van der Waals surface area contributed by atoms with Gasteiger partial charge in [0.05, 0.1) is 25.4 Å². The SMILES string of the molecule is CC/C=C\C/C=C\C/C=C\C/C=C\C/C=C\C/C=C\CCCCCCCCCCCCCCC(=O)NC(COC1OC(CO)C(O)C(O)C1O)C(O)CCCCCCCCCCCCCCCCCCCC. The van der Waals surface area contributed by atoms with Gasteiger partial charge in [0.25, 0.3) is 0 Å². The van der Waals surface area contributed by atoms with Crippen LogP contribution in [0.3, 0.4) is 0 Å². The molecule has 0 spiro atoms. The molecule has 1 saturated heterocycles. The van der Waals surface area contributed by atoms with E-state index in [0.717, 1.165) is 77.0 Å². The normalized spacial score (nSPS) is 19.7. The number of carbonyl (C=O) groups is 1. The number of hydrogen-bond acceptors (Lipinski definition) is 8. The molecule has 1 fully saturated rings. The van der Waals surface area contributed by atoms with Crippen molar-refractivity contribution in [2.45, 2.75) is 307 Å². The van der Waals surface area contributed by atoms with Crippen LogP contribution >= 0.6 is 0 Å². The van der Waals surface area contributed by atoms with E-state index in [1.807, 2.05) is 0 Å². The van der Waals surface area contributed by atoms with E-state index in [1.165, 1.54) is 161 Å². The molecule has 0 aromatic rings. The van der Waals surface area contributed by atoms with Gasteiger partial charge in [0.1, 0.15) is 24.4 Å². The summed E-state index contributed by atoms with van der Waals surface area (Å²) in [5.41, 5.74) is 0. The third kappa shape index (κ3) is 40.9. The summed E-state index contributed by atoms with van der Waals surface area (Å²) >= 11 is 0. The predicted octanol–water partition coefficient (Wildman–Crippen LogP) is 15.2. The maximum absolute atomic E-state index is 13.1. The van der Waals surface area contributed by atoms with Crippen LogP contribution in [0.15, 0.2) is 72.9 Å². The predicted molar refractivity (Wildman–Crippen MR) is 304 cm³/mol. The lowest BCUT2D eigenvalue weighted by atomic mass is 9.99. The van der Waals surface area contributed by atoms with Crippen molar-refractivity contribution < 1.29 is 39.8 Å². The molecule has 0 aliphatic carbocycles. The van der Waals surface area contributed by atoms with Gasteiger partial charge in [-0.1, -0.05) is 267 Å². The molecule has 0 radical (unpaired) electrons. The summed E-state index contributed by atoms with van der Waals surface area (Å²) in [7, 11) is 0. The van der Waals surface area contributed by atoms with Crippen molar-refractivity contribution in [2.75, 3.05) is 13.2 Å². The van der Waals surface area contributed by atoms with E-state index in [4.69, 9.17) is 9.47 Å². The van der Waals surface area contributed by atoms with Gasteiger partial charge in [-0.2, -0.15) is 0 Å². The zero-order valence-electron chi connectivity index (χ0n) is 46.4. The molecule has 9 heteroatoms. The molecule has 0 aromatic carbocycles. The minimum Gasteiger partial charge on any atom is -0.394 e. The first-order valence-electron chi connectivity index (χ1n) is 30.1. The molecule has 7 unspecified atom stereocenters. The molecule has 1 heterocycles. The first-order valence-corrected chi connectivity index (χ1v) is 30.1. The monoisotopic (exact) mass is 1010 g/mol. The summed E-state index contributed by atoms with van der Waals surface area (Å²) in [5, 5.41) is 54.7. The number of rotatable bonds is 51. The van der Waals surface area contributed by atoms with Crippen molar-refractivity contribution >= 4 is 5.91 Å². The Kier molecular flexibility index (Phi) is 48.9. The minimum atomic E-state index is -1.56. The average Bonchev–Trinajstić information content (AvgIpc) is 3.38. The lowest BCUT2D eigenvalue weighted by Crippen LogP contribution is -2.60. The van der Waals surface area contributed by atoms with E-state index >= 15 is 0 Å². The van der Waals surface area contributed by atoms with Crippen molar-refractivity contribution in [3.63, 3.8) is 0 Å². The number of amides is 1. The fourth-order valence-electron chi connectivity index (χ4n) is 9.34. The Hall–Kier alpha value is -2.37. The molecule has 1 aliphatic rings. The number of unbranched alkanes of at least 4 members (excludes halogenated alkanes) is 29. The largest absolute Gasteiger partial charge is 0.394 e. The van der Waals surface area contributed by atoms with Crippen LogP contribution in [-0.4, -0.2) is 87.5 Å². The van der Waals surface area contributed by atoms with Crippen molar-refractivity contribution in [3.8, 4) is 0 Å². The maximum atomic E-state index is 13.1. The van der Waals surface area contributed by atoms with Gasteiger partial charge in [0.15, 0.2) is 6.29 Å². The number of aliphatic hydroxyl groups excluding tert-OH is 5. The number of ether oxygens (including phenoxy) is 2. The standard InChI is InChI=1S/C63H113NO8/c1-3-5-7-9-11-13-15-17-19-21-23-24-25-26-27-28-29-30-31-32-33-34-35-37-39-41-43-45-47-49-51-53-59(67)64-56(55-71-63-62(70)61(69)60(68)58(54-65)72-63)57(66)52-50-48-46-44-42-40-38-36-22-20-18-16-14-12-10-8-6-4-2/h5,7,11,13,17,19,23-24,26-27,29-30,56-58,60-63,65-66,68-70H,3-4,6,8-10,12,14-16,18,20-22,25,28,31-55H2,1-2H3,(H,64,67)/b7-5-,13-11-,19-17-,24-23-,27-26-,30-29-. The lowest BCUT2D eigenvalue weighted by Gasteiger charge is -2.40. The van der Waals surface area contributed by atoms with E-state index in [2.05, 4.69) is 92.1 Å². The maximum Gasteiger partial charge on any atom is 0.220 e. The average molecular weight is 1010 g/mol. The fourth-order valence-corrected chi connectivity index (χ4v) is 9.34. The molecule has 0 bridgehead atoms. The molecule has 9 nitrogen and oxygen atoms in total. The van der Waals surface area contributed by atoms with E-state index in [1.54, 1.807) is 0 Å². The van der Waals surface area contributed by atoms with Crippen LogP contribution in [0.25, 0.3) is 0 Å². The third-order valence-corrected chi connectivity index (χ3v) is 14.1. The second-order valence-electron chi connectivity index (χ2n) is 20.8. The second-order valence-corrected chi connectivity index (χ2v) is 20.8. The molecule has 1 amide bonds.